The van der Waals surface area contributed by atoms with Crippen LogP contribution in [0.5, 0.6) is 0 Å². The first-order chi connectivity index (χ1) is 5.52. The molecule has 2 N–H and O–H groups in total. The molecule has 0 fully saturated rings. The van der Waals surface area contributed by atoms with E-state index < -0.39 is 5.82 Å². The van der Waals surface area contributed by atoms with Gasteiger partial charge in [0.1, 0.15) is 5.15 Å². The van der Waals surface area contributed by atoms with Crippen LogP contribution in [0.2, 0.25) is 5.15 Å². The van der Waals surface area contributed by atoms with Gasteiger partial charge in [0.05, 0.1) is 0 Å². The lowest BCUT2D eigenvalue weighted by Crippen LogP contribution is -1.98. The monoisotopic (exact) mass is 206 g/mol. The van der Waals surface area contributed by atoms with Gasteiger partial charge in [-0.3, -0.25) is 0 Å². The van der Waals surface area contributed by atoms with Crippen LogP contribution < -0.4 is 5.73 Å². The Morgan fingerprint density at radius 1 is 1.67 bits per heavy atom. The van der Waals surface area contributed by atoms with Crippen molar-refractivity contribution in [3.63, 3.8) is 0 Å². The Morgan fingerprint density at radius 3 is 2.75 bits per heavy atom. The Morgan fingerprint density at radius 2 is 2.25 bits per heavy atom. The number of nitrogens with zero attached hydrogens (tertiary/aromatic N) is 1. The van der Waals surface area contributed by atoms with Crippen molar-refractivity contribution in [1.29, 1.82) is 0 Å². The summed E-state index contributed by atoms with van der Waals surface area (Å²) in [5.41, 5.74) is 5.27. The average molecular weight is 207 g/mol. The van der Waals surface area contributed by atoms with E-state index in [9.17, 15) is 4.39 Å². The van der Waals surface area contributed by atoms with Crippen molar-refractivity contribution in [1.82, 2.24) is 4.98 Å². The molecular weight excluding hydrogens is 202 g/mol. The summed E-state index contributed by atoms with van der Waals surface area (Å²) >= 11 is 11.0. The van der Waals surface area contributed by atoms with Crippen LogP contribution in [0.3, 0.4) is 0 Å². The third-order valence-corrected chi connectivity index (χ3v) is 1.64. The average Bonchev–Trinajstić information content (AvgIpc) is 1.96. The van der Waals surface area contributed by atoms with Gasteiger partial charge in [0.2, 0.25) is 0 Å². The summed E-state index contributed by atoms with van der Waals surface area (Å²) in [4.78, 5) is 3.48. The van der Waals surface area contributed by atoms with Crippen LogP contribution in [-0.2, 0) is 0 Å². The molecule has 0 radical (unpaired) electrons. The van der Waals surface area contributed by atoms with Crippen molar-refractivity contribution >= 4 is 34.1 Å². The zero-order chi connectivity index (χ0) is 9.30. The summed E-state index contributed by atoms with van der Waals surface area (Å²) < 4.78 is 13.0. The molecule has 0 aliphatic carbocycles. The maximum absolute atomic E-state index is 13.0. The van der Waals surface area contributed by atoms with Gasteiger partial charge >= 0.3 is 0 Å². The number of hydrogen-bond donors (Lipinski definition) is 1. The first-order valence-electron chi connectivity index (χ1n) is 2.98. The molecule has 5 heteroatoms. The van der Waals surface area contributed by atoms with Crippen molar-refractivity contribution in [2.24, 2.45) is 0 Å². The van der Waals surface area contributed by atoms with Gasteiger partial charge in [-0.1, -0.05) is 29.8 Å². The molecule has 0 saturated carbocycles. The highest BCUT2D eigenvalue weighted by Gasteiger charge is 2.10. The molecule has 0 bridgehead atoms. The second-order valence-corrected chi connectivity index (χ2v) is 2.94. The predicted octanol–water partition coefficient (Wildman–Crippen LogP) is 2.67. The molecule has 0 amide bonds. The molecule has 1 rings (SSSR count). The first-order valence-corrected chi connectivity index (χ1v) is 3.74. The Bertz CT molecular complexity index is 338. The highest BCUT2D eigenvalue weighted by molar-refractivity contribution is 6.48. The molecule has 2 nitrogen and oxygen atoms in total. The van der Waals surface area contributed by atoms with E-state index in [4.69, 9.17) is 28.9 Å². The van der Waals surface area contributed by atoms with E-state index in [2.05, 4.69) is 11.6 Å². The lowest BCUT2D eigenvalue weighted by Gasteiger charge is -2.02. The van der Waals surface area contributed by atoms with Crippen LogP contribution in [-0.4, -0.2) is 4.98 Å². The van der Waals surface area contributed by atoms with Crippen molar-refractivity contribution in [2.75, 3.05) is 5.73 Å². The number of halogens is 3. The molecule has 0 saturated heterocycles. The van der Waals surface area contributed by atoms with Gasteiger partial charge in [-0.25, -0.2) is 9.37 Å². The van der Waals surface area contributed by atoms with Gasteiger partial charge in [0, 0.05) is 10.6 Å². The standard InChI is InChI=1S/C7H5Cl2FN2/c1-3(8)4-2-5(9)12-7(11)6(4)10/h2H,1H2,(H2,11,12). The van der Waals surface area contributed by atoms with Crippen LogP contribution in [0.25, 0.3) is 5.03 Å². The second-order valence-electron chi connectivity index (χ2n) is 2.10. The number of pyridine rings is 1. The summed E-state index contributed by atoms with van der Waals surface area (Å²) in [6, 6.07) is 1.27. The smallest absolute Gasteiger partial charge is 0.174 e. The van der Waals surface area contributed by atoms with Crippen molar-refractivity contribution in [3.8, 4) is 0 Å². The number of anilines is 1. The molecule has 1 aromatic heterocycles. The van der Waals surface area contributed by atoms with E-state index in [-0.39, 0.29) is 21.6 Å². The maximum Gasteiger partial charge on any atom is 0.174 e. The normalized spacial score (nSPS) is 9.92. The summed E-state index contributed by atoms with van der Waals surface area (Å²) in [6.45, 7) is 3.35. The lowest BCUT2D eigenvalue weighted by atomic mass is 10.2. The number of nitrogen functional groups attached to an aromatic ring is 1. The summed E-state index contributed by atoms with van der Waals surface area (Å²) in [5, 5.41) is 0.134. The molecule has 1 aromatic rings. The fourth-order valence-electron chi connectivity index (χ4n) is 0.714. The molecule has 0 spiro atoms. The van der Waals surface area contributed by atoms with E-state index in [1.807, 2.05) is 0 Å². The molecule has 0 aliphatic rings. The second kappa shape index (κ2) is 3.29. The minimum absolute atomic E-state index is 0.0449. The van der Waals surface area contributed by atoms with Gasteiger partial charge in [0.15, 0.2) is 11.6 Å². The van der Waals surface area contributed by atoms with E-state index in [0.717, 1.165) is 0 Å². The number of hydrogen-bond acceptors (Lipinski definition) is 2. The third-order valence-electron chi connectivity index (χ3n) is 1.24. The zero-order valence-electron chi connectivity index (χ0n) is 5.94. The predicted molar refractivity (Wildman–Crippen MR) is 48.5 cm³/mol. The molecule has 1 heterocycles. The Labute approximate surface area is 78.8 Å². The Balaban J connectivity index is 3.37. The Hall–Kier alpha value is -0.800. The van der Waals surface area contributed by atoms with Gasteiger partial charge in [-0.15, -0.1) is 0 Å². The van der Waals surface area contributed by atoms with E-state index in [1.165, 1.54) is 6.07 Å². The first kappa shape index (κ1) is 9.29. The van der Waals surface area contributed by atoms with Crippen LogP contribution >= 0.6 is 23.2 Å². The van der Waals surface area contributed by atoms with Crippen LogP contribution in [0.15, 0.2) is 12.6 Å². The number of rotatable bonds is 1. The number of aromatic nitrogens is 1. The SMILES string of the molecule is C=C(Cl)c1cc(Cl)nc(N)c1F. The zero-order valence-corrected chi connectivity index (χ0v) is 7.45. The molecule has 0 atom stereocenters. The molecule has 0 aromatic carbocycles. The molecule has 0 unspecified atom stereocenters. The fourth-order valence-corrected chi connectivity index (χ4v) is 1.05. The van der Waals surface area contributed by atoms with Gasteiger partial charge in [-0.05, 0) is 6.07 Å². The van der Waals surface area contributed by atoms with Crippen molar-refractivity contribution in [3.05, 3.63) is 29.2 Å². The van der Waals surface area contributed by atoms with Crippen LogP contribution in [0, 0.1) is 5.82 Å². The van der Waals surface area contributed by atoms with E-state index >= 15 is 0 Å². The van der Waals surface area contributed by atoms with Gasteiger partial charge < -0.3 is 5.73 Å². The molecular formula is C7H5Cl2FN2. The topological polar surface area (TPSA) is 38.9 Å². The highest BCUT2D eigenvalue weighted by Crippen LogP contribution is 2.25. The Kier molecular flexibility index (Phi) is 2.55. The van der Waals surface area contributed by atoms with Crippen molar-refractivity contribution in [2.45, 2.75) is 0 Å². The lowest BCUT2D eigenvalue weighted by molar-refractivity contribution is 0.624. The molecule has 0 aliphatic heterocycles. The van der Waals surface area contributed by atoms with Gasteiger partial charge in [-0.2, -0.15) is 0 Å². The summed E-state index contributed by atoms with van der Waals surface area (Å²) in [7, 11) is 0. The molecule has 64 valence electrons. The minimum atomic E-state index is -0.695. The van der Waals surface area contributed by atoms with Crippen LogP contribution in [0.4, 0.5) is 10.2 Å². The minimum Gasteiger partial charge on any atom is -0.381 e. The quantitative estimate of drug-likeness (QED) is 0.719. The highest BCUT2D eigenvalue weighted by atomic mass is 35.5. The summed E-state index contributed by atoms with van der Waals surface area (Å²) in [5.74, 6) is -0.973. The van der Waals surface area contributed by atoms with E-state index in [1.54, 1.807) is 0 Å². The summed E-state index contributed by atoms with van der Waals surface area (Å²) in [6.07, 6.45) is 0. The fraction of sp³-hybridized carbons (Fsp3) is 0. The largest absolute Gasteiger partial charge is 0.381 e. The van der Waals surface area contributed by atoms with Crippen LogP contribution in [0.1, 0.15) is 5.56 Å². The van der Waals surface area contributed by atoms with Crippen molar-refractivity contribution < 1.29 is 4.39 Å². The number of nitrogens with two attached hydrogens (primary N) is 1. The van der Waals surface area contributed by atoms with Gasteiger partial charge in [0.25, 0.3) is 0 Å². The molecule has 12 heavy (non-hydrogen) atoms. The maximum atomic E-state index is 13.0. The van der Waals surface area contributed by atoms with E-state index in [0.29, 0.717) is 0 Å². The third kappa shape index (κ3) is 1.68.